The van der Waals surface area contributed by atoms with Crippen molar-refractivity contribution in [3.8, 4) is 5.88 Å². The number of aromatic nitrogens is 1. The Kier molecular flexibility index (Phi) is 8.67. The summed E-state index contributed by atoms with van der Waals surface area (Å²) in [6, 6.07) is 11.6. The molecule has 1 aliphatic carbocycles. The highest BCUT2D eigenvalue weighted by Crippen LogP contribution is 2.28. The maximum absolute atomic E-state index is 13.6. The van der Waals surface area contributed by atoms with Gasteiger partial charge in [-0.15, -0.1) is 0 Å². The van der Waals surface area contributed by atoms with Crippen LogP contribution < -0.4 is 4.74 Å². The number of nitrogens with zero attached hydrogens (tertiary/aromatic N) is 2. The van der Waals surface area contributed by atoms with Gasteiger partial charge in [-0.1, -0.05) is 37.5 Å². The number of carbonyl (C=O) groups excluding carboxylic acids is 1. The maximum atomic E-state index is 13.6. The normalized spacial score (nSPS) is 16.9. The van der Waals surface area contributed by atoms with E-state index in [0.29, 0.717) is 19.1 Å². The predicted octanol–water partition coefficient (Wildman–Crippen LogP) is 4.46. The Morgan fingerprint density at radius 2 is 1.71 bits per heavy atom. The first kappa shape index (κ1) is 23.5. The van der Waals surface area contributed by atoms with Gasteiger partial charge >= 0.3 is 0 Å². The molecule has 3 rings (SSSR count). The highest BCUT2D eigenvalue weighted by atomic mass is 16.5. The van der Waals surface area contributed by atoms with Gasteiger partial charge in [-0.25, -0.2) is 4.98 Å². The fraction of sp³-hybridized carbons (Fsp3) is 0.600. The molecule has 0 aliphatic heterocycles. The third-order valence-electron chi connectivity index (χ3n) is 6.32. The summed E-state index contributed by atoms with van der Waals surface area (Å²) in [4.78, 5) is 20.2. The van der Waals surface area contributed by atoms with Gasteiger partial charge < -0.3 is 19.1 Å². The topological polar surface area (TPSA) is 60.9 Å². The zero-order valence-electron chi connectivity index (χ0n) is 19.3. The van der Waals surface area contributed by atoms with E-state index < -0.39 is 0 Å². The summed E-state index contributed by atoms with van der Waals surface area (Å²) < 4.78 is 17.1. The highest BCUT2D eigenvalue weighted by molar-refractivity contribution is 5.80. The largest absolute Gasteiger partial charge is 0.472 e. The van der Waals surface area contributed by atoms with Crippen molar-refractivity contribution in [1.82, 2.24) is 9.88 Å². The average molecular weight is 429 g/mol. The van der Waals surface area contributed by atoms with Gasteiger partial charge in [-0.3, -0.25) is 4.79 Å². The SMILES string of the molecule is COCC(COC)N(C(=O)C1CCCCC1)C(C)[C@H](C)Oc1ccc2ccccc2n1. The number of benzene rings is 1. The minimum Gasteiger partial charge on any atom is -0.472 e. The van der Waals surface area contributed by atoms with Gasteiger partial charge in [0.1, 0.15) is 6.10 Å². The zero-order chi connectivity index (χ0) is 22.2. The van der Waals surface area contributed by atoms with Crippen LogP contribution in [0.4, 0.5) is 0 Å². The van der Waals surface area contributed by atoms with Gasteiger partial charge in [0.05, 0.1) is 30.8 Å². The molecule has 6 heteroatoms. The van der Waals surface area contributed by atoms with Gasteiger partial charge in [0.25, 0.3) is 0 Å². The minimum atomic E-state index is -0.239. The lowest BCUT2D eigenvalue weighted by molar-refractivity contribution is -0.147. The van der Waals surface area contributed by atoms with E-state index in [-0.39, 0.29) is 30.0 Å². The Labute approximate surface area is 185 Å². The van der Waals surface area contributed by atoms with Crippen molar-refractivity contribution >= 4 is 16.8 Å². The van der Waals surface area contributed by atoms with Crippen LogP contribution in [0, 0.1) is 5.92 Å². The number of hydrogen-bond donors (Lipinski definition) is 0. The van der Waals surface area contributed by atoms with Crippen LogP contribution in [0.25, 0.3) is 10.9 Å². The minimum absolute atomic E-state index is 0.0680. The molecule has 31 heavy (non-hydrogen) atoms. The molecule has 1 aromatic carbocycles. The van der Waals surface area contributed by atoms with Crippen LogP contribution in [-0.4, -0.2) is 61.4 Å². The summed E-state index contributed by atoms with van der Waals surface area (Å²) in [5.41, 5.74) is 0.895. The first-order valence-electron chi connectivity index (χ1n) is 11.4. The third-order valence-corrected chi connectivity index (χ3v) is 6.32. The second-order valence-electron chi connectivity index (χ2n) is 8.55. The maximum Gasteiger partial charge on any atom is 0.226 e. The Morgan fingerprint density at radius 3 is 2.39 bits per heavy atom. The molecule has 0 radical (unpaired) electrons. The van der Waals surface area contributed by atoms with Crippen LogP contribution in [0.1, 0.15) is 46.0 Å². The number of ether oxygens (including phenoxy) is 3. The van der Waals surface area contributed by atoms with Gasteiger partial charge in [0.15, 0.2) is 0 Å². The molecule has 1 aromatic heterocycles. The van der Waals surface area contributed by atoms with E-state index in [0.717, 1.165) is 36.6 Å². The highest BCUT2D eigenvalue weighted by Gasteiger charge is 2.36. The van der Waals surface area contributed by atoms with Crippen molar-refractivity contribution in [2.24, 2.45) is 5.92 Å². The molecule has 1 saturated carbocycles. The molecule has 170 valence electrons. The van der Waals surface area contributed by atoms with Gasteiger partial charge in [0.2, 0.25) is 11.8 Å². The quantitative estimate of drug-likeness (QED) is 0.559. The number of pyridine rings is 1. The first-order chi connectivity index (χ1) is 15.0. The number of fused-ring (bicyclic) bond motifs is 1. The zero-order valence-corrected chi connectivity index (χ0v) is 19.3. The summed E-state index contributed by atoms with van der Waals surface area (Å²) in [5.74, 6) is 0.824. The molecule has 0 bridgehead atoms. The van der Waals surface area contributed by atoms with E-state index in [4.69, 9.17) is 14.2 Å². The molecule has 1 aliphatic rings. The second kappa shape index (κ2) is 11.4. The molecule has 6 nitrogen and oxygen atoms in total. The summed E-state index contributed by atoms with van der Waals surface area (Å²) in [6.45, 7) is 4.90. The van der Waals surface area contributed by atoms with Crippen molar-refractivity contribution in [3.63, 3.8) is 0 Å². The number of amides is 1. The van der Waals surface area contributed by atoms with Crippen LogP contribution >= 0.6 is 0 Å². The predicted molar refractivity (Wildman–Crippen MR) is 122 cm³/mol. The van der Waals surface area contributed by atoms with Crippen LogP contribution in [0.15, 0.2) is 36.4 Å². The second-order valence-corrected chi connectivity index (χ2v) is 8.55. The summed E-state index contributed by atoms with van der Waals surface area (Å²) in [6.07, 6.45) is 5.12. The van der Waals surface area contributed by atoms with Crippen molar-refractivity contribution in [2.75, 3.05) is 27.4 Å². The third kappa shape index (κ3) is 5.95. The fourth-order valence-electron chi connectivity index (χ4n) is 4.50. The molecule has 0 saturated heterocycles. The summed E-state index contributed by atoms with van der Waals surface area (Å²) >= 11 is 0. The Morgan fingerprint density at radius 1 is 1.03 bits per heavy atom. The summed E-state index contributed by atoms with van der Waals surface area (Å²) in [5, 5.41) is 1.07. The smallest absolute Gasteiger partial charge is 0.226 e. The van der Waals surface area contributed by atoms with Crippen LogP contribution in [0.5, 0.6) is 5.88 Å². The van der Waals surface area contributed by atoms with Gasteiger partial charge in [-0.2, -0.15) is 0 Å². The number of para-hydroxylation sites is 1. The molecule has 1 unspecified atom stereocenters. The molecule has 1 fully saturated rings. The Bertz CT molecular complexity index is 831. The van der Waals surface area contributed by atoms with Gasteiger partial charge in [-0.05, 0) is 38.8 Å². The number of rotatable bonds is 10. The lowest BCUT2D eigenvalue weighted by Crippen LogP contribution is -2.56. The number of carbonyl (C=O) groups is 1. The van der Waals surface area contributed by atoms with E-state index in [2.05, 4.69) is 4.98 Å². The molecule has 1 amide bonds. The lowest BCUT2D eigenvalue weighted by atomic mass is 9.87. The van der Waals surface area contributed by atoms with Gasteiger partial charge in [0, 0.05) is 31.6 Å². The molecular weight excluding hydrogens is 392 g/mol. The first-order valence-corrected chi connectivity index (χ1v) is 11.4. The summed E-state index contributed by atoms with van der Waals surface area (Å²) in [7, 11) is 3.32. The standard InChI is InChI=1S/C25H36N2O4/c1-18(19(2)31-24-15-14-20-10-8-9-13-23(20)26-24)27(22(16-29-3)17-30-4)25(28)21-11-6-5-7-12-21/h8-10,13-15,18-19,21-22H,5-7,11-12,16-17H2,1-4H3/t18?,19-/m0/s1. The molecule has 2 aromatic rings. The molecule has 0 N–H and O–H groups in total. The van der Waals surface area contributed by atoms with E-state index in [9.17, 15) is 4.79 Å². The lowest BCUT2D eigenvalue weighted by Gasteiger charge is -2.41. The van der Waals surface area contributed by atoms with Crippen molar-refractivity contribution < 1.29 is 19.0 Å². The molecular formula is C25H36N2O4. The van der Waals surface area contributed by atoms with Crippen molar-refractivity contribution in [1.29, 1.82) is 0 Å². The van der Waals surface area contributed by atoms with E-state index in [1.165, 1.54) is 6.42 Å². The van der Waals surface area contributed by atoms with Crippen molar-refractivity contribution in [2.45, 2.75) is 64.1 Å². The molecule has 2 atom stereocenters. The van der Waals surface area contributed by atoms with E-state index >= 15 is 0 Å². The Hall–Kier alpha value is -2.18. The monoisotopic (exact) mass is 428 g/mol. The molecule has 0 spiro atoms. The average Bonchev–Trinajstić information content (AvgIpc) is 2.80. The number of methoxy groups -OCH3 is 2. The van der Waals surface area contributed by atoms with E-state index in [1.807, 2.05) is 55.1 Å². The molecule has 1 heterocycles. The fourth-order valence-corrected chi connectivity index (χ4v) is 4.50. The van der Waals surface area contributed by atoms with Crippen LogP contribution in [-0.2, 0) is 14.3 Å². The van der Waals surface area contributed by atoms with Crippen LogP contribution in [0.2, 0.25) is 0 Å². The van der Waals surface area contributed by atoms with Crippen molar-refractivity contribution in [3.05, 3.63) is 36.4 Å². The number of hydrogen-bond acceptors (Lipinski definition) is 5. The Balaban J connectivity index is 1.80. The van der Waals surface area contributed by atoms with E-state index in [1.54, 1.807) is 14.2 Å². The van der Waals surface area contributed by atoms with Crippen LogP contribution in [0.3, 0.4) is 0 Å².